The molecule has 1 atom stereocenters. The van der Waals surface area contributed by atoms with Crippen molar-refractivity contribution in [3.63, 3.8) is 0 Å². The van der Waals surface area contributed by atoms with E-state index >= 15 is 0 Å². The van der Waals surface area contributed by atoms with Crippen molar-refractivity contribution < 1.29 is 28.6 Å². The van der Waals surface area contributed by atoms with Gasteiger partial charge in [-0.3, -0.25) is 14.4 Å². The molecular weight excluding hydrogens is 781 g/mol. The van der Waals surface area contributed by atoms with Crippen molar-refractivity contribution in [2.45, 2.75) is 271 Å². The highest BCUT2D eigenvalue weighted by molar-refractivity contribution is 5.71. The Morgan fingerprint density at radius 1 is 0.317 bits per heavy atom. The van der Waals surface area contributed by atoms with Crippen LogP contribution in [0.5, 0.6) is 0 Å². The van der Waals surface area contributed by atoms with Gasteiger partial charge >= 0.3 is 17.9 Å². The molecule has 0 N–H and O–H groups in total. The molecule has 6 nitrogen and oxygen atoms in total. The van der Waals surface area contributed by atoms with E-state index < -0.39 is 6.10 Å². The van der Waals surface area contributed by atoms with Crippen LogP contribution in [0.2, 0.25) is 0 Å². The maximum atomic E-state index is 12.8. The van der Waals surface area contributed by atoms with Gasteiger partial charge in [0.05, 0.1) is 0 Å². The van der Waals surface area contributed by atoms with Gasteiger partial charge in [-0.2, -0.15) is 0 Å². The molecule has 0 aromatic carbocycles. The lowest BCUT2D eigenvalue weighted by Crippen LogP contribution is -2.30. The van der Waals surface area contributed by atoms with Crippen molar-refractivity contribution in [2.75, 3.05) is 13.2 Å². The number of hydrogen-bond donors (Lipinski definition) is 0. The average molecular weight is 881 g/mol. The van der Waals surface area contributed by atoms with Crippen LogP contribution in [-0.4, -0.2) is 37.2 Å². The zero-order valence-corrected chi connectivity index (χ0v) is 41.6. The third-order valence-corrected chi connectivity index (χ3v) is 11.5. The van der Waals surface area contributed by atoms with Gasteiger partial charge in [0.2, 0.25) is 0 Å². The smallest absolute Gasteiger partial charge is 0.306 e. The summed E-state index contributed by atoms with van der Waals surface area (Å²) in [6.45, 7) is 6.54. The first kappa shape index (κ1) is 60.1. The number of ether oxygens (including phenoxy) is 3. The highest BCUT2D eigenvalue weighted by Gasteiger charge is 2.19. The van der Waals surface area contributed by atoms with Gasteiger partial charge in [-0.05, 0) is 83.5 Å². The van der Waals surface area contributed by atoms with Gasteiger partial charge in [-0.1, -0.05) is 223 Å². The summed E-state index contributed by atoms with van der Waals surface area (Å²) in [6, 6.07) is 0. The van der Waals surface area contributed by atoms with Crippen molar-refractivity contribution in [3.8, 4) is 0 Å². The number of esters is 3. The van der Waals surface area contributed by atoms with Crippen molar-refractivity contribution >= 4 is 17.9 Å². The SMILES string of the molecule is CCC/C=C\C/C=C\CCCCCCCC(=O)OC(COC(=O)CCCCCCCC/C=C\C/C=C\C/C=C\CCCCCCC)COC(=O)CCCCCCCCCCCCC. The molecule has 0 fully saturated rings. The maximum absolute atomic E-state index is 12.8. The van der Waals surface area contributed by atoms with E-state index in [-0.39, 0.29) is 31.1 Å². The number of unbranched alkanes of at least 4 members (excludes halogenated alkanes) is 27. The van der Waals surface area contributed by atoms with Gasteiger partial charge in [0, 0.05) is 19.3 Å². The monoisotopic (exact) mass is 881 g/mol. The highest BCUT2D eigenvalue weighted by atomic mass is 16.6. The number of allylic oxidation sites excluding steroid dienone is 10. The fourth-order valence-corrected chi connectivity index (χ4v) is 7.43. The second kappa shape index (κ2) is 51.7. The van der Waals surface area contributed by atoms with E-state index in [4.69, 9.17) is 14.2 Å². The minimum atomic E-state index is -0.784. The van der Waals surface area contributed by atoms with E-state index in [2.05, 4.69) is 81.5 Å². The third kappa shape index (κ3) is 50.0. The lowest BCUT2D eigenvalue weighted by atomic mass is 10.1. The molecule has 0 aliphatic heterocycles. The molecule has 1 unspecified atom stereocenters. The topological polar surface area (TPSA) is 78.9 Å². The largest absolute Gasteiger partial charge is 0.462 e. The molecule has 6 heteroatoms. The quantitative estimate of drug-likeness (QED) is 0.0262. The zero-order chi connectivity index (χ0) is 45.8. The fourth-order valence-electron chi connectivity index (χ4n) is 7.43. The Balaban J connectivity index is 4.34. The standard InChI is InChI=1S/C57H100O6/c1-4-7-10-13-16-19-22-24-25-26-27-28-29-30-31-33-35-38-41-44-47-50-56(59)62-53-54(52-61-55(58)49-46-43-40-37-34-21-18-15-12-9-6-3)63-57(60)51-48-45-42-39-36-32-23-20-17-14-11-8-5-2/h11,14,20,22-24,26-27,29-30,54H,4-10,12-13,15-19,21,25,28,31-53H2,1-3H3/b14-11-,23-20-,24-22-,27-26-,30-29-. The normalized spacial score (nSPS) is 12.5. The van der Waals surface area contributed by atoms with Gasteiger partial charge in [-0.15, -0.1) is 0 Å². The molecule has 0 aliphatic rings. The highest BCUT2D eigenvalue weighted by Crippen LogP contribution is 2.15. The molecule has 0 bridgehead atoms. The second-order valence-corrected chi connectivity index (χ2v) is 17.8. The minimum absolute atomic E-state index is 0.0827. The lowest BCUT2D eigenvalue weighted by molar-refractivity contribution is -0.167. The molecule has 0 amide bonds. The van der Waals surface area contributed by atoms with Crippen LogP contribution in [0.15, 0.2) is 60.8 Å². The summed E-state index contributed by atoms with van der Waals surface area (Å²) in [5.74, 6) is -0.906. The van der Waals surface area contributed by atoms with E-state index in [9.17, 15) is 14.4 Å². The molecule has 364 valence electrons. The first-order chi connectivity index (χ1) is 31.0. The van der Waals surface area contributed by atoms with Gasteiger partial charge in [0.15, 0.2) is 6.10 Å². The number of rotatable bonds is 48. The van der Waals surface area contributed by atoms with Crippen LogP contribution in [-0.2, 0) is 28.6 Å². The third-order valence-electron chi connectivity index (χ3n) is 11.5. The molecule has 0 rings (SSSR count). The molecule has 0 spiro atoms. The molecule has 0 aromatic heterocycles. The van der Waals surface area contributed by atoms with Crippen molar-refractivity contribution in [1.82, 2.24) is 0 Å². The predicted octanol–water partition coefficient (Wildman–Crippen LogP) is 17.6. The minimum Gasteiger partial charge on any atom is -0.462 e. The summed E-state index contributed by atoms with van der Waals surface area (Å²) in [5, 5.41) is 0. The van der Waals surface area contributed by atoms with Crippen LogP contribution in [0.3, 0.4) is 0 Å². The van der Waals surface area contributed by atoms with Crippen molar-refractivity contribution in [1.29, 1.82) is 0 Å². The number of carbonyl (C=O) groups excluding carboxylic acids is 3. The van der Waals surface area contributed by atoms with Gasteiger partial charge < -0.3 is 14.2 Å². The second-order valence-electron chi connectivity index (χ2n) is 17.8. The molecule has 0 radical (unpaired) electrons. The summed E-state index contributed by atoms with van der Waals surface area (Å²) in [4.78, 5) is 38.0. The van der Waals surface area contributed by atoms with E-state index in [0.29, 0.717) is 19.3 Å². The molecule has 0 aliphatic carbocycles. The lowest BCUT2D eigenvalue weighted by Gasteiger charge is -2.18. The average Bonchev–Trinajstić information content (AvgIpc) is 3.28. The number of carbonyl (C=O) groups is 3. The fraction of sp³-hybridized carbons (Fsp3) is 0.772. The van der Waals surface area contributed by atoms with Gasteiger partial charge in [-0.25, -0.2) is 0 Å². The Bertz CT molecular complexity index is 1150. The molecule has 63 heavy (non-hydrogen) atoms. The van der Waals surface area contributed by atoms with E-state index in [1.807, 2.05) is 0 Å². The zero-order valence-electron chi connectivity index (χ0n) is 41.6. The van der Waals surface area contributed by atoms with Crippen LogP contribution in [0.1, 0.15) is 265 Å². The maximum Gasteiger partial charge on any atom is 0.306 e. The van der Waals surface area contributed by atoms with Crippen molar-refractivity contribution in [2.24, 2.45) is 0 Å². The number of hydrogen-bond acceptors (Lipinski definition) is 6. The van der Waals surface area contributed by atoms with Crippen LogP contribution < -0.4 is 0 Å². The molecule has 0 heterocycles. The van der Waals surface area contributed by atoms with Crippen LogP contribution >= 0.6 is 0 Å². The Morgan fingerprint density at radius 2 is 0.603 bits per heavy atom. The van der Waals surface area contributed by atoms with E-state index in [1.54, 1.807) is 0 Å². The van der Waals surface area contributed by atoms with Crippen molar-refractivity contribution in [3.05, 3.63) is 60.8 Å². The Labute approximate surface area is 390 Å². The van der Waals surface area contributed by atoms with Gasteiger partial charge in [0.25, 0.3) is 0 Å². The van der Waals surface area contributed by atoms with Gasteiger partial charge in [0.1, 0.15) is 13.2 Å². The molecule has 0 saturated carbocycles. The summed E-state index contributed by atoms with van der Waals surface area (Å²) >= 11 is 0. The summed E-state index contributed by atoms with van der Waals surface area (Å²) in [6.07, 6.45) is 63.5. The van der Waals surface area contributed by atoms with E-state index in [0.717, 1.165) is 109 Å². The molecule has 0 saturated heterocycles. The Kier molecular flexibility index (Phi) is 49.4. The van der Waals surface area contributed by atoms with E-state index in [1.165, 1.54) is 116 Å². The summed E-state index contributed by atoms with van der Waals surface area (Å²) in [5.41, 5.74) is 0. The van der Waals surface area contributed by atoms with Crippen LogP contribution in [0.25, 0.3) is 0 Å². The Hall–Kier alpha value is -2.89. The molecule has 0 aromatic rings. The predicted molar refractivity (Wildman–Crippen MR) is 270 cm³/mol. The summed E-state index contributed by atoms with van der Waals surface area (Å²) in [7, 11) is 0. The first-order valence-electron chi connectivity index (χ1n) is 26.8. The summed E-state index contributed by atoms with van der Waals surface area (Å²) < 4.78 is 16.8. The molecular formula is C57H100O6. The van der Waals surface area contributed by atoms with Crippen LogP contribution in [0, 0.1) is 0 Å². The van der Waals surface area contributed by atoms with Crippen LogP contribution in [0.4, 0.5) is 0 Å². The Morgan fingerprint density at radius 3 is 0.952 bits per heavy atom. The first-order valence-corrected chi connectivity index (χ1v) is 26.8.